The average molecular weight is 293 g/mol. The largest absolute Gasteiger partial charge is 0.573 e. The van der Waals surface area contributed by atoms with Gasteiger partial charge in [0.15, 0.2) is 5.75 Å². The van der Waals surface area contributed by atoms with Crippen molar-refractivity contribution < 1.29 is 45.4 Å². The van der Waals surface area contributed by atoms with Crippen molar-refractivity contribution in [2.24, 2.45) is 0 Å². The van der Waals surface area contributed by atoms with E-state index in [1.807, 2.05) is 0 Å². The number of nitrogens with zero attached hydrogens (tertiary/aromatic N) is 1. The predicted molar refractivity (Wildman–Crippen MR) is 42.8 cm³/mol. The second-order valence-electron chi connectivity index (χ2n) is 3.02. The summed E-state index contributed by atoms with van der Waals surface area (Å²) in [7, 11) is 0. The van der Waals surface area contributed by atoms with Crippen molar-refractivity contribution in [3.05, 3.63) is 23.3 Å². The van der Waals surface area contributed by atoms with Crippen LogP contribution in [-0.2, 0) is 6.18 Å². The molecule has 11 heteroatoms. The minimum absolute atomic E-state index is 0.234. The van der Waals surface area contributed by atoms with Gasteiger partial charge in [0.2, 0.25) is 0 Å². The third-order valence-electron chi connectivity index (χ3n) is 1.73. The Hall–Kier alpha value is -2.07. The Kier molecular flexibility index (Phi) is 3.59. The monoisotopic (exact) mass is 293 g/mol. The van der Waals surface area contributed by atoms with Crippen LogP contribution in [0.4, 0.5) is 30.7 Å². The third-order valence-corrected chi connectivity index (χ3v) is 1.73. The molecule has 1 aromatic rings. The molecule has 0 aliphatic carbocycles. The minimum Gasteiger partial charge on any atom is -0.478 e. The first-order valence-electron chi connectivity index (χ1n) is 4.18. The highest BCUT2D eigenvalue weighted by atomic mass is 19.4. The number of hydrogen-bond donors (Lipinski definition) is 1. The van der Waals surface area contributed by atoms with Gasteiger partial charge < -0.3 is 9.84 Å². The van der Waals surface area contributed by atoms with E-state index in [0.717, 1.165) is 0 Å². The fourth-order valence-corrected chi connectivity index (χ4v) is 1.11. The maximum Gasteiger partial charge on any atom is 0.573 e. The fraction of sp³-hybridized carbons (Fsp3) is 0.250. The predicted octanol–water partition coefficient (Wildman–Crippen LogP) is 2.84. The van der Waals surface area contributed by atoms with Gasteiger partial charge in [0, 0.05) is 6.20 Å². The summed E-state index contributed by atoms with van der Waals surface area (Å²) in [4.78, 5) is 13.0. The van der Waals surface area contributed by atoms with E-state index >= 15 is 0 Å². The van der Waals surface area contributed by atoms with Crippen LogP contribution in [0.5, 0.6) is 5.75 Å². The number of halogens is 7. The molecule has 0 bridgehead atoms. The molecular weight excluding hydrogens is 291 g/mol. The number of rotatable bonds is 2. The zero-order valence-electron chi connectivity index (χ0n) is 8.43. The van der Waals surface area contributed by atoms with Crippen molar-refractivity contribution >= 4 is 5.97 Å². The summed E-state index contributed by atoms with van der Waals surface area (Å²) in [6.07, 6.45) is -11.1. The first-order chi connectivity index (χ1) is 8.43. The highest BCUT2D eigenvalue weighted by molar-refractivity contribution is 5.92. The second-order valence-corrected chi connectivity index (χ2v) is 3.02. The van der Waals surface area contributed by atoms with Crippen molar-refractivity contribution in [3.8, 4) is 5.75 Å². The van der Waals surface area contributed by atoms with Crippen molar-refractivity contribution in [2.75, 3.05) is 0 Å². The lowest BCUT2D eigenvalue weighted by molar-refractivity contribution is -0.276. The summed E-state index contributed by atoms with van der Waals surface area (Å²) in [5, 5.41) is 8.49. The van der Waals surface area contributed by atoms with E-state index < -0.39 is 41.3 Å². The molecule has 0 atom stereocenters. The topological polar surface area (TPSA) is 59.4 Å². The molecule has 1 heterocycles. The summed E-state index contributed by atoms with van der Waals surface area (Å²) in [5.41, 5.74) is -4.06. The summed E-state index contributed by atoms with van der Waals surface area (Å²) in [6.45, 7) is 0. The quantitative estimate of drug-likeness (QED) is 0.673. The molecule has 1 rings (SSSR count). The zero-order valence-corrected chi connectivity index (χ0v) is 8.43. The van der Waals surface area contributed by atoms with E-state index in [2.05, 4.69) is 9.72 Å². The highest BCUT2D eigenvalue weighted by Gasteiger charge is 2.42. The Morgan fingerprint density at radius 3 is 2.11 bits per heavy atom. The van der Waals surface area contributed by atoms with E-state index in [1.54, 1.807) is 0 Å². The fourth-order valence-electron chi connectivity index (χ4n) is 1.11. The minimum atomic E-state index is -5.57. The highest BCUT2D eigenvalue weighted by Crippen LogP contribution is 2.38. The van der Waals surface area contributed by atoms with Gasteiger partial charge in [0.05, 0.1) is 5.56 Å². The molecule has 0 saturated carbocycles. The van der Waals surface area contributed by atoms with E-state index in [9.17, 15) is 35.5 Å². The number of carboxylic acids is 1. The van der Waals surface area contributed by atoms with E-state index in [-0.39, 0.29) is 6.20 Å². The van der Waals surface area contributed by atoms with Crippen molar-refractivity contribution in [1.82, 2.24) is 4.98 Å². The Balaban J connectivity index is 3.56. The molecule has 0 saturated heterocycles. The molecule has 0 aromatic carbocycles. The van der Waals surface area contributed by atoms with Crippen LogP contribution >= 0.6 is 0 Å². The first-order valence-corrected chi connectivity index (χ1v) is 4.18. The van der Waals surface area contributed by atoms with Crippen molar-refractivity contribution in [2.45, 2.75) is 12.5 Å². The lowest BCUT2D eigenvalue weighted by atomic mass is 10.1. The van der Waals surface area contributed by atoms with E-state index in [0.29, 0.717) is 0 Å². The molecule has 4 nitrogen and oxygen atoms in total. The van der Waals surface area contributed by atoms with E-state index in [4.69, 9.17) is 5.11 Å². The van der Waals surface area contributed by atoms with Gasteiger partial charge in [-0.15, -0.1) is 13.2 Å². The van der Waals surface area contributed by atoms with Crippen LogP contribution < -0.4 is 4.74 Å². The lowest BCUT2D eigenvalue weighted by Crippen LogP contribution is -2.23. The van der Waals surface area contributed by atoms with E-state index in [1.165, 1.54) is 0 Å². The number of ether oxygens (including phenoxy) is 1. The molecule has 0 unspecified atom stereocenters. The number of aromatic nitrogens is 1. The summed E-state index contributed by atoms with van der Waals surface area (Å²) in [5.74, 6) is -6.70. The van der Waals surface area contributed by atoms with Gasteiger partial charge in [-0.2, -0.15) is 17.6 Å². The number of pyridine rings is 1. The molecule has 19 heavy (non-hydrogen) atoms. The maximum absolute atomic E-state index is 12.9. The average Bonchev–Trinajstić information content (AvgIpc) is 2.16. The first kappa shape index (κ1) is 15.0. The van der Waals surface area contributed by atoms with Gasteiger partial charge in [-0.25, -0.2) is 9.78 Å². The van der Waals surface area contributed by atoms with Crippen molar-refractivity contribution in [1.29, 1.82) is 0 Å². The summed E-state index contributed by atoms with van der Waals surface area (Å²) < 4.78 is 88.8. The number of aromatic carboxylic acids is 1. The van der Waals surface area contributed by atoms with Gasteiger partial charge in [-0.3, -0.25) is 0 Å². The smallest absolute Gasteiger partial charge is 0.478 e. The number of carboxylic acid groups (broad SMARTS) is 1. The second kappa shape index (κ2) is 4.55. The third kappa shape index (κ3) is 3.45. The number of hydrogen-bond acceptors (Lipinski definition) is 3. The lowest BCUT2D eigenvalue weighted by Gasteiger charge is -2.15. The van der Waals surface area contributed by atoms with Crippen LogP contribution in [0.15, 0.2) is 6.20 Å². The van der Waals surface area contributed by atoms with Crippen LogP contribution in [0.25, 0.3) is 0 Å². The standard InChI is InChI=1S/C8H2F7NO3/c9-5-4(19-8(13,14)15)3(6(17)18)2(1-16-5)7(10,11)12/h1H,(H,17,18). The molecule has 0 aliphatic rings. The van der Waals surface area contributed by atoms with Crippen LogP contribution in [0, 0.1) is 5.95 Å². The molecule has 106 valence electrons. The van der Waals surface area contributed by atoms with Crippen molar-refractivity contribution in [3.63, 3.8) is 0 Å². The SMILES string of the molecule is O=C(O)c1c(C(F)(F)F)cnc(F)c1OC(F)(F)F. The normalized spacial score (nSPS) is 12.4. The Morgan fingerprint density at radius 2 is 1.74 bits per heavy atom. The maximum atomic E-state index is 12.9. The number of alkyl halides is 6. The van der Waals surface area contributed by atoms with Gasteiger partial charge in [0.1, 0.15) is 5.56 Å². The molecular formula is C8H2F7NO3. The Labute approximate surface area is 99.0 Å². The number of carbonyl (C=O) groups is 1. The van der Waals surface area contributed by atoms with Gasteiger partial charge in [-0.1, -0.05) is 0 Å². The van der Waals surface area contributed by atoms with Crippen LogP contribution in [0.3, 0.4) is 0 Å². The molecule has 0 amide bonds. The van der Waals surface area contributed by atoms with Gasteiger partial charge in [-0.05, 0) is 0 Å². The van der Waals surface area contributed by atoms with Gasteiger partial charge >= 0.3 is 18.5 Å². The summed E-state index contributed by atoms with van der Waals surface area (Å²) in [6, 6.07) is 0. The van der Waals surface area contributed by atoms with Crippen LogP contribution in [-0.4, -0.2) is 22.4 Å². The van der Waals surface area contributed by atoms with Gasteiger partial charge in [0.25, 0.3) is 5.95 Å². The Morgan fingerprint density at radius 1 is 1.21 bits per heavy atom. The molecule has 1 N–H and O–H groups in total. The Bertz CT molecular complexity index is 508. The molecule has 0 aliphatic heterocycles. The molecule has 0 spiro atoms. The molecule has 1 aromatic heterocycles. The molecule has 0 fully saturated rings. The molecule has 0 radical (unpaired) electrons. The summed E-state index contributed by atoms with van der Waals surface area (Å²) >= 11 is 0. The zero-order chi connectivity index (χ0) is 15.0. The van der Waals surface area contributed by atoms with Crippen LogP contribution in [0.2, 0.25) is 0 Å². The van der Waals surface area contributed by atoms with Crippen LogP contribution in [0.1, 0.15) is 15.9 Å².